The molecule has 0 spiro atoms. The molecular weight excluding hydrogens is 321 g/mol. The van der Waals surface area contributed by atoms with Crippen molar-refractivity contribution in [3.05, 3.63) is 72.6 Å². The Morgan fingerprint density at radius 1 is 1.04 bits per heavy atom. The van der Waals surface area contributed by atoms with Gasteiger partial charge in [-0.15, -0.1) is 0 Å². The standard InChI is InChI=1S/C18H14FN5O/c19-13-6-4-12(5-7-13)9-25-15-3-1-2-14(8-15)24-18-16-17(21-10-20-16)22-11-23-18/h1-8,10-11H,9H2,(H2,20,21,22,23,24). The average molecular weight is 335 g/mol. The summed E-state index contributed by atoms with van der Waals surface area (Å²) < 4.78 is 18.7. The second-order valence-electron chi connectivity index (χ2n) is 5.39. The van der Waals surface area contributed by atoms with Gasteiger partial charge in [-0.05, 0) is 29.8 Å². The van der Waals surface area contributed by atoms with Crippen LogP contribution in [0.3, 0.4) is 0 Å². The molecule has 25 heavy (non-hydrogen) atoms. The zero-order valence-corrected chi connectivity index (χ0v) is 13.1. The maximum absolute atomic E-state index is 12.9. The molecule has 0 amide bonds. The molecule has 0 aliphatic rings. The number of benzene rings is 2. The third-order valence-corrected chi connectivity index (χ3v) is 3.64. The Labute approximate surface area is 142 Å². The van der Waals surface area contributed by atoms with E-state index in [2.05, 4.69) is 25.3 Å². The van der Waals surface area contributed by atoms with E-state index in [-0.39, 0.29) is 5.82 Å². The highest BCUT2D eigenvalue weighted by atomic mass is 19.1. The first-order valence-electron chi connectivity index (χ1n) is 7.66. The maximum atomic E-state index is 12.9. The fourth-order valence-corrected chi connectivity index (χ4v) is 2.41. The lowest BCUT2D eigenvalue weighted by Crippen LogP contribution is -1.98. The highest BCUT2D eigenvalue weighted by Crippen LogP contribution is 2.24. The van der Waals surface area contributed by atoms with E-state index < -0.39 is 0 Å². The molecule has 6 nitrogen and oxygen atoms in total. The quantitative estimate of drug-likeness (QED) is 0.580. The van der Waals surface area contributed by atoms with Gasteiger partial charge >= 0.3 is 0 Å². The van der Waals surface area contributed by atoms with Gasteiger partial charge in [0.1, 0.15) is 30.0 Å². The van der Waals surface area contributed by atoms with Crippen LogP contribution < -0.4 is 10.1 Å². The summed E-state index contributed by atoms with van der Waals surface area (Å²) in [6.07, 6.45) is 3.03. The van der Waals surface area contributed by atoms with E-state index in [1.54, 1.807) is 18.5 Å². The number of hydrogen-bond donors (Lipinski definition) is 2. The molecule has 0 atom stereocenters. The van der Waals surface area contributed by atoms with Crippen LogP contribution in [0, 0.1) is 5.82 Å². The molecule has 0 unspecified atom stereocenters. The number of fused-ring (bicyclic) bond motifs is 1. The van der Waals surface area contributed by atoms with E-state index in [1.165, 1.54) is 18.5 Å². The number of aromatic nitrogens is 4. The fraction of sp³-hybridized carbons (Fsp3) is 0.0556. The maximum Gasteiger partial charge on any atom is 0.182 e. The normalized spacial score (nSPS) is 10.8. The van der Waals surface area contributed by atoms with Crippen molar-refractivity contribution in [1.82, 2.24) is 19.9 Å². The number of nitrogens with zero attached hydrogens (tertiary/aromatic N) is 3. The summed E-state index contributed by atoms with van der Waals surface area (Å²) in [5.74, 6) is 1.08. The molecule has 2 N–H and O–H groups in total. The van der Waals surface area contributed by atoms with Gasteiger partial charge in [0.05, 0.1) is 6.33 Å². The number of nitrogens with one attached hydrogen (secondary N) is 2. The van der Waals surface area contributed by atoms with Crippen LogP contribution in [0.4, 0.5) is 15.9 Å². The van der Waals surface area contributed by atoms with E-state index in [1.807, 2.05) is 24.3 Å². The van der Waals surface area contributed by atoms with Gasteiger partial charge < -0.3 is 15.0 Å². The fourth-order valence-electron chi connectivity index (χ4n) is 2.41. The second kappa shape index (κ2) is 6.56. The van der Waals surface area contributed by atoms with Crippen LogP contribution in [-0.4, -0.2) is 19.9 Å². The number of halogens is 1. The van der Waals surface area contributed by atoms with Gasteiger partial charge in [-0.3, -0.25) is 0 Å². The van der Waals surface area contributed by atoms with Crippen LogP contribution in [0.25, 0.3) is 11.2 Å². The molecule has 124 valence electrons. The summed E-state index contributed by atoms with van der Waals surface area (Å²) in [5, 5.41) is 3.23. The molecule has 7 heteroatoms. The van der Waals surface area contributed by atoms with E-state index >= 15 is 0 Å². The molecular formula is C18H14FN5O. The summed E-state index contributed by atoms with van der Waals surface area (Å²) in [6, 6.07) is 13.8. The first-order valence-corrected chi connectivity index (χ1v) is 7.66. The van der Waals surface area contributed by atoms with Crippen LogP contribution in [0.15, 0.2) is 61.2 Å². The lowest BCUT2D eigenvalue weighted by atomic mass is 10.2. The molecule has 0 saturated heterocycles. The molecule has 0 aliphatic carbocycles. The molecule has 2 heterocycles. The van der Waals surface area contributed by atoms with Gasteiger partial charge in [0, 0.05) is 11.8 Å². The van der Waals surface area contributed by atoms with Gasteiger partial charge in [0.25, 0.3) is 0 Å². The summed E-state index contributed by atoms with van der Waals surface area (Å²) in [5.41, 5.74) is 3.06. The van der Waals surface area contributed by atoms with Crippen molar-refractivity contribution >= 4 is 22.7 Å². The topological polar surface area (TPSA) is 75.7 Å². The van der Waals surface area contributed by atoms with Crippen molar-refractivity contribution in [2.24, 2.45) is 0 Å². The Bertz CT molecular complexity index is 1000. The molecule has 0 aliphatic heterocycles. The Hall–Kier alpha value is -3.48. The number of anilines is 2. The zero-order valence-electron chi connectivity index (χ0n) is 13.1. The second-order valence-corrected chi connectivity index (χ2v) is 5.39. The molecule has 0 saturated carbocycles. The zero-order chi connectivity index (χ0) is 17.1. The third-order valence-electron chi connectivity index (χ3n) is 3.64. The first kappa shape index (κ1) is 15.1. The minimum absolute atomic E-state index is 0.259. The third kappa shape index (κ3) is 3.40. The van der Waals surface area contributed by atoms with Crippen LogP contribution in [0.1, 0.15) is 5.56 Å². The molecule has 2 aromatic heterocycles. The Balaban J connectivity index is 1.49. The van der Waals surface area contributed by atoms with Gasteiger partial charge in [-0.25, -0.2) is 19.3 Å². The lowest BCUT2D eigenvalue weighted by Gasteiger charge is -2.10. The average Bonchev–Trinajstić information content (AvgIpc) is 3.12. The number of ether oxygens (including phenoxy) is 1. The summed E-state index contributed by atoms with van der Waals surface area (Å²) >= 11 is 0. The lowest BCUT2D eigenvalue weighted by molar-refractivity contribution is 0.306. The smallest absolute Gasteiger partial charge is 0.182 e. The molecule has 4 aromatic rings. The highest BCUT2D eigenvalue weighted by molar-refractivity contribution is 5.84. The first-order chi connectivity index (χ1) is 12.3. The van der Waals surface area contributed by atoms with Crippen LogP contribution in [0.5, 0.6) is 5.75 Å². The predicted octanol–water partition coefficient (Wildman–Crippen LogP) is 3.81. The van der Waals surface area contributed by atoms with Crippen molar-refractivity contribution in [2.75, 3.05) is 5.32 Å². The number of imidazole rings is 1. The Kier molecular flexibility index (Phi) is 3.96. The van der Waals surface area contributed by atoms with Crippen LogP contribution in [-0.2, 0) is 6.61 Å². The van der Waals surface area contributed by atoms with Gasteiger partial charge in [0.2, 0.25) is 0 Å². The molecule has 0 fully saturated rings. The molecule has 2 aromatic carbocycles. The van der Waals surface area contributed by atoms with Crippen molar-refractivity contribution < 1.29 is 9.13 Å². The van der Waals surface area contributed by atoms with Gasteiger partial charge in [-0.1, -0.05) is 18.2 Å². The van der Waals surface area contributed by atoms with Crippen LogP contribution >= 0.6 is 0 Å². The summed E-state index contributed by atoms with van der Waals surface area (Å²) in [4.78, 5) is 15.4. The van der Waals surface area contributed by atoms with Crippen molar-refractivity contribution in [2.45, 2.75) is 6.61 Å². The van der Waals surface area contributed by atoms with E-state index in [4.69, 9.17) is 4.74 Å². The molecule has 0 bridgehead atoms. The Morgan fingerprint density at radius 2 is 1.92 bits per heavy atom. The van der Waals surface area contributed by atoms with Crippen LogP contribution in [0.2, 0.25) is 0 Å². The summed E-state index contributed by atoms with van der Waals surface area (Å²) in [7, 11) is 0. The molecule has 0 radical (unpaired) electrons. The van der Waals surface area contributed by atoms with Crippen molar-refractivity contribution in [1.29, 1.82) is 0 Å². The SMILES string of the molecule is Fc1ccc(COc2cccc(Nc3ncnc4nc[nH]c34)c2)cc1. The minimum atomic E-state index is -0.259. The van der Waals surface area contributed by atoms with Gasteiger partial charge in [0.15, 0.2) is 11.5 Å². The monoisotopic (exact) mass is 335 g/mol. The van der Waals surface area contributed by atoms with Crippen molar-refractivity contribution in [3.8, 4) is 5.75 Å². The number of H-pyrrole nitrogens is 1. The highest BCUT2D eigenvalue weighted by Gasteiger charge is 2.06. The van der Waals surface area contributed by atoms with Crippen molar-refractivity contribution in [3.63, 3.8) is 0 Å². The largest absolute Gasteiger partial charge is 0.489 e. The minimum Gasteiger partial charge on any atom is -0.489 e. The van der Waals surface area contributed by atoms with E-state index in [0.29, 0.717) is 23.8 Å². The number of hydrogen-bond acceptors (Lipinski definition) is 5. The van der Waals surface area contributed by atoms with Gasteiger partial charge in [-0.2, -0.15) is 0 Å². The van der Waals surface area contributed by atoms with E-state index in [9.17, 15) is 4.39 Å². The molecule has 4 rings (SSSR count). The number of aromatic amines is 1. The predicted molar refractivity (Wildman–Crippen MR) is 92.1 cm³/mol. The van der Waals surface area contributed by atoms with E-state index in [0.717, 1.165) is 16.8 Å². The number of rotatable bonds is 5. The Morgan fingerprint density at radius 3 is 2.80 bits per heavy atom. The summed E-state index contributed by atoms with van der Waals surface area (Å²) in [6.45, 7) is 0.363.